The van der Waals surface area contributed by atoms with Gasteiger partial charge in [0.2, 0.25) is 0 Å². The highest BCUT2D eigenvalue weighted by Gasteiger charge is 2.33. The summed E-state index contributed by atoms with van der Waals surface area (Å²) in [6, 6.07) is 9.83. The molecule has 2 aliphatic rings. The maximum absolute atomic E-state index is 2.66. The van der Waals surface area contributed by atoms with Crippen LogP contribution in [0.1, 0.15) is 36.8 Å². The number of hydrogen-bond donors (Lipinski definition) is 0. The van der Waals surface area contributed by atoms with Crippen molar-refractivity contribution in [3.63, 3.8) is 0 Å². The number of hydrogen-bond acceptors (Lipinski definition) is 1. The minimum atomic E-state index is 0.723. The van der Waals surface area contributed by atoms with Crippen LogP contribution in [0.5, 0.6) is 0 Å². The lowest BCUT2D eigenvalue weighted by Crippen LogP contribution is -2.34. The Morgan fingerprint density at radius 2 is 2.00 bits per heavy atom. The minimum absolute atomic E-state index is 0.723. The number of fused-ring (bicyclic) bond motifs is 1. The van der Waals surface area contributed by atoms with Crippen LogP contribution in [-0.2, 0) is 6.54 Å². The van der Waals surface area contributed by atoms with Crippen LogP contribution in [0.15, 0.2) is 24.3 Å². The quantitative estimate of drug-likeness (QED) is 0.653. The zero-order valence-corrected chi connectivity index (χ0v) is 8.74. The van der Waals surface area contributed by atoms with Crippen LogP contribution < -0.4 is 0 Å². The maximum Gasteiger partial charge on any atom is 0.0239 e. The van der Waals surface area contributed by atoms with Crippen LogP contribution >= 0.6 is 0 Å². The fraction of sp³-hybridized carbons (Fsp3) is 0.538. The molecule has 0 radical (unpaired) electrons. The Morgan fingerprint density at radius 3 is 2.79 bits per heavy atom. The van der Waals surface area contributed by atoms with Crippen molar-refractivity contribution in [3.8, 4) is 0 Å². The zero-order chi connectivity index (χ0) is 9.54. The molecule has 1 aromatic rings. The molecule has 74 valence electrons. The summed E-state index contributed by atoms with van der Waals surface area (Å²) in [5.74, 6) is 0.723. The van der Waals surface area contributed by atoms with E-state index in [4.69, 9.17) is 0 Å². The molecule has 0 N–H and O–H groups in total. The van der Waals surface area contributed by atoms with E-state index >= 15 is 0 Å². The van der Waals surface area contributed by atoms with E-state index in [0.29, 0.717) is 0 Å². The van der Waals surface area contributed by atoms with Gasteiger partial charge in [-0.05, 0) is 29.9 Å². The molecule has 1 fully saturated rings. The Bertz CT molecular complexity index is 341. The second-order valence-electron chi connectivity index (χ2n) is 4.76. The number of benzene rings is 1. The average Bonchev–Trinajstić information content (AvgIpc) is 3.01. The summed E-state index contributed by atoms with van der Waals surface area (Å²) >= 11 is 0. The van der Waals surface area contributed by atoms with Crippen molar-refractivity contribution in [2.24, 2.45) is 0 Å². The highest BCUT2D eigenvalue weighted by atomic mass is 15.2. The van der Waals surface area contributed by atoms with Crippen molar-refractivity contribution in [1.29, 1.82) is 0 Å². The molecule has 1 heterocycles. The van der Waals surface area contributed by atoms with Crippen LogP contribution in [0.3, 0.4) is 0 Å². The van der Waals surface area contributed by atoms with Gasteiger partial charge >= 0.3 is 0 Å². The third-order valence-corrected chi connectivity index (χ3v) is 3.53. The summed E-state index contributed by atoms with van der Waals surface area (Å²) in [6.45, 7) is 4.81. The first kappa shape index (κ1) is 8.49. The Labute approximate surface area is 85.7 Å². The molecule has 0 spiro atoms. The molecule has 0 bridgehead atoms. The molecule has 3 rings (SSSR count). The molecule has 0 amide bonds. The molecule has 1 atom stereocenters. The second kappa shape index (κ2) is 3.09. The number of rotatable bonds is 1. The molecule has 14 heavy (non-hydrogen) atoms. The molecule has 1 aliphatic heterocycles. The molecule has 1 saturated carbocycles. The van der Waals surface area contributed by atoms with Gasteiger partial charge in [-0.2, -0.15) is 0 Å². The van der Waals surface area contributed by atoms with Crippen LogP contribution in [0, 0.1) is 0 Å². The molecular formula is C13H17N. The van der Waals surface area contributed by atoms with E-state index in [-0.39, 0.29) is 0 Å². The predicted molar refractivity (Wildman–Crippen MR) is 58.3 cm³/mol. The highest BCUT2D eigenvalue weighted by molar-refractivity contribution is 5.32. The first-order valence-corrected chi connectivity index (χ1v) is 5.66. The van der Waals surface area contributed by atoms with Crippen molar-refractivity contribution in [1.82, 2.24) is 4.90 Å². The third-order valence-electron chi connectivity index (χ3n) is 3.53. The smallest absolute Gasteiger partial charge is 0.0239 e. The molecular weight excluding hydrogens is 170 g/mol. The standard InChI is InChI=1S/C13H17N/c1-10-8-14(12-6-7-12)9-11-4-2-3-5-13(10)11/h2-5,10,12H,6-9H2,1H3. The summed E-state index contributed by atoms with van der Waals surface area (Å²) in [5, 5.41) is 0. The summed E-state index contributed by atoms with van der Waals surface area (Å²) in [5.41, 5.74) is 3.13. The largest absolute Gasteiger partial charge is 0.296 e. The Balaban J connectivity index is 1.91. The van der Waals surface area contributed by atoms with Gasteiger partial charge in [0.25, 0.3) is 0 Å². The molecule has 0 aromatic heterocycles. The first-order chi connectivity index (χ1) is 6.84. The van der Waals surface area contributed by atoms with Crippen LogP contribution in [0.25, 0.3) is 0 Å². The lowest BCUT2D eigenvalue weighted by Gasteiger charge is -2.33. The van der Waals surface area contributed by atoms with E-state index in [1.165, 1.54) is 25.9 Å². The SMILES string of the molecule is CC1CN(C2CC2)Cc2ccccc21. The molecule has 1 unspecified atom stereocenters. The summed E-state index contributed by atoms with van der Waals surface area (Å²) in [7, 11) is 0. The highest BCUT2D eigenvalue weighted by Crippen LogP contribution is 2.35. The molecule has 1 aromatic carbocycles. The van der Waals surface area contributed by atoms with Crippen molar-refractivity contribution >= 4 is 0 Å². The van der Waals surface area contributed by atoms with E-state index in [0.717, 1.165) is 12.0 Å². The molecule has 1 nitrogen and oxygen atoms in total. The monoisotopic (exact) mass is 187 g/mol. The van der Waals surface area contributed by atoms with Gasteiger partial charge in [0.15, 0.2) is 0 Å². The Hall–Kier alpha value is -0.820. The molecule has 0 saturated heterocycles. The van der Waals surface area contributed by atoms with Crippen molar-refractivity contribution in [3.05, 3.63) is 35.4 Å². The first-order valence-electron chi connectivity index (χ1n) is 5.66. The van der Waals surface area contributed by atoms with Crippen molar-refractivity contribution in [2.75, 3.05) is 6.54 Å². The summed E-state index contributed by atoms with van der Waals surface area (Å²) in [6.07, 6.45) is 2.85. The molecule has 1 aliphatic carbocycles. The van der Waals surface area contributed by atoms with E-state index in [1.54, 1.807) is 11.1 Å². The second-order valence-corrected chi connectivity index (χ2v) is 4.76. The van der Waals surface area contributed by atoms with Gasteiger partial charge in [-0.1, -0.05) is 31.2 Å². The van der Waals surface area contributed by atoms with Gasteiger partial charge < -0.3 is 0 Å². The van der Waals surface area contributed by atoms with Crippen molar-refractivity contribution in [2.45, 2.75) is 38.3 Å². The fourth-order valence-corrected chi connectivity index (χ4v) is 2.61. The summed E-state index contributed by atoms with van der Waals surface area (Å²) < 4.78 is 0. The lowest BCUT2D eigenvalue weighted by molar-refractivity contribution is 0.225. The van der Waals surface area contributed by atoms with E-state index < -0.39 is 0 Å². The minimum Gasteiger partial charge on any atom is -0.296 e. The Morgan fingerprint density at radius 1 is 1.21 bits per heavy atom. The normalized spacial score (nSPS) is 27.4. The van der Waals surface area contributed by atoms with E-state index in [9.17, 15) is 0 Å². The van der Waals surface area contributed by atoms with E-state index in [2.05, 4.69) is 36.1 Å². The van der Waals surface area contributed by atoms with Gasteiger partial charge in [0.05, 0.1) is 0 Å². The van der Waals surface area contributed by atoms with E-state index in [1.807, 2.05) is 0 Å². The molecule has 1 heteroatoms. The van der Waals surface area contributed by atoms with Crippen LogP contribution in [0.2, 0.25) is 0 Å². The van der Waals surface area contributed by atoms with Crippen LogP contribution in [-0.4, -0.2) is 17.5 Å². The topological polar surface area (TPSA) is 3.24 Å². The lowest BCUT2D eigenvalue weighted by atomic mass is 9.91. The maximum atomic E-state index is 2.66. The van der Waals surface area contributed by atoms with Gasteiger partial charge in [-0.15, -0.1) is 0 Å². The summed E-state index contributed by atoms with van der Waals surface area (Å²) in [4.78, 5) is 2.66. The van der Waals surface area contributed by atoms with Gasteiger partial charge in [-0.3, -0.25) is 4.90 Å². The van der Waals surface area contributed by atoms with Gasteiger partial charge in [-0.25, -0.2) is 0 Å². The fourth-order valence-electron chi connectivity index (χ4n) is 2.61. The van der Waals surface area contributed by atoms with Crippen molar-refractivity contribution < 1.29 is 0 Å². The predicted octanol–water partition coefficient (Wildman–Crippen LogP) is 2.77. The number of nitrogens with zero attached hydrogens (tertiary/aromatic N) is 1. The average molecular weight is 187 g/mol. The third kappa shape index (κ3) is 1.36. The van der Waals surface area contributed by atoms with Crippen LogP contribution in [0.4, 0.5) is 0 Å². The Kier molecular flexibility index (Phi) is 1.88. The zero-order valence-electron chi connectivity index (χ0n) is 8.74. The van der Waals surface area contributed by atoms with Gasteiger partial charge in [0.1, 0.15) is 0 Å². The van der Waals surface area contributed by atoms with Gasteiger partial charge in [0, 0.05) is 19.1 Å².